The summed E-state index contributed by atoms with van der Waals surface area (Å²) in [5, 5.41) is 3.28. The van der Waals surface area contributed by atoms with E-state index in [1.54, 1.807) is 0 Å². The van der Waals surface area contributed by atoms with Crippen molar-refractivity contribution in [1.29, 1.82) is 0 Å². The van der Waals surface area contributed by atoms with E-state index in [-0.39, 0.29) is 11.3 Å². The fourth-order valence-corrected chi connectivity index (χ4v) is 3.10. The summed E-state index contributed by atoms with van der Waals surface area (Å²) >= 11 is 0. The quantitative estimate of drug-likeness (QED) is 0.868. The van der Waals surface area contributed by atoms with Crippen LogP contribution in [0.1, 0.15) is 50.5 Å². The largest absolute Gasteiger partial charge is 0.353 e. The van der Waals surface area contributed by atoms with Crippen LogP contribution < -0.4 is 5.32 Å². The molecule has 2 heteroatoms. The smallest absolute Gasteiger partial charge is 0.230 e. The first-order valence-electron chi connectivity index (χ1n) is 7.18. The van der Waals surface area contributed by atoms with Crippen LogP contribution in [-0.4, -0.2) is 11.9 Å². The molecule has 1 amide bonds. The Morgan fingerprint density at radius 1 is 1.06 bits per heavy atom. The van der Waals surface area contributed by atoms with Crippen molar-refractivity contribution in [1.82, 2.24) is 5.32 Å². The average Bonchev–Trinajstić information content (AvgIpc) is 3.22. The molecule has 2 nitrogen and oxygen atoms in total. The number of carbonyl (C=O) groups excluding carboxylic acids is 1. The number of nitrogens with one attached hydrogen (secondary N) is 1. The van der Waals surface area contributed by atoms with Gasteiger partial charge in [0.05, 0.1) is 5.41 Å². The maximum Gasteiger partial charge on any atom is 0.230 e. The minimum absolute atomic E-state index is 0.196. The van der Waals surface area contributed by atoms with E-state index in [2.05, 4.69) is 17.4 Å². The molecule has 2 saturated carbocycles. The van der Waals surface area contributed by atoms with Crippen LogP contribution in [0.3, 0.4) is 0 Å². The molecule has 0 bridgehead atoms. The Labute approximate surface area is 109 Å². The van der Waals surface area contributed by atoms with Crippen LogP contribution in [0.2, 0.25) is 0 Å². The molecule has 18 heavy (non-hydrogen) atoms. The van der Waals surface area contributed by atoms with Crippen LogP contribution >= 0.6 is 0 Å². The number of hydrogen-bond acceptors (Lipinski definition) is 1. The minimum Gasteiger partial charge on any atom is -0.353 e. The Balaban J connectivity index is 1.68. The predicted octanol–water partition coefficient (Wildman–Crippen LogP) is 3.17. The molecule has 0 heterocycles. The molecule has 2 fully saturated rings. The summed E-state index contributed by atoms with van der Waals surface area (Å²) in [7, 11) is 0. The highest BCUT2D eigenvalue weighted by Gasteiger charge is 2.51. The first kappa shape index (κ1) is 11.8. The first-order chi connectivity index (χ1) is 8.81. The van der Waals surface area contributed by atoms with E-state index in [1.165, 1.54) is 24.8 Å². The summed E-state index contributed by atoms with van der Waals surface area (Å²) in [6.45, 7) is 0. The molecule has 0 aliphatic heterocycles. The lowest BCUT2D eigenvalue weighted by Gasteiger charge is -2.25. The molecule has 1 N–H and O–H groups in total. The SMILES string of the molecule is O=C(NC1CCCCC1)C1(c2ccccc2)CC1. The second kappa shape index (κ2) is 4.75. The lowest BCUT2D eigenvalue weighted by atomic mass is 9.92. The number of carbonyl (C=O) groups is 1. The van der Waals surface area contributed by atoms with Crippen molar-refractivity contribution in [3.05, 3.63) is 35.9 Å². The number of rotatable bonds is 3. The number of hydrogen-bond donors (Lipinski definition) is 1. The molecular formula is C16H21NO. The molecular weight excluding hydrogens is 222 g/mol. The third-order valence-corrected chi connectivity index (χ3v) is 4.45. The van der Waals surface area contributed by atoms with Gasteiger partial charge in [0.15, 0.2) is 0 Å². The van der Waals surface area contributed by atoms with Gasteiger partial charge in [0.1, 0.15) is 0 Å². The summed E-state index contributed by atoms with van der Waals surface area (Å²) in [4.78, 5) is 12.5. The van der Waals surface area contributed by atoms with Crippen LogP contribution in [0.5, 0.6) is 0 Å². The Morgan fingerprint density at radius 2 is 1.72 bits per heavy atom. The standard InChI is InChI=1S/C16H21NO/c18-15(17-14-9-5-2-6-10-14)16(11-12-16)13-7-3-1-4-8-13/h1,3-4,7-8,14H,2,5-6,9-12H2,(H,17,18). The van der Waals surface area contributed by atoms with Crippen molar-refractivity contribution >= 4 is 5.91 Å². The zero-order valence-corrected chi connectivity index (χ0v) is 10.8. The summed E-state index contributed by atoms with van der Waals surface area (Å²) in [5.41, 5.74) is 0.997. The zero-order chi connectivity index (χ0) is 12.4. The summed E-state index contributed by atoms with van der Waals surface area (Å²) < 4.78 is 0. The van der Waals surface area contributed by atoms with Crippen LogP contribution in [-0.2, 0) is 10.2 Å². The van der Waals surface area contributed by atoms with Gasteiger partial charge in [-0.3, -0.25) is 4.79 Å². The summed E-state index contributed by atoms with van der Waals surface area (Å²) in [6.07, 6.45) is 8.21. The third kappa shape index (κ3) is 2.16. The number of amides is 1. The Morgan fingerprint density at radius 3 is 2.33 bits per heavy atom. The molecule has 0 atom stereocenters. The van der Waals surface area contributed by atoms with Gasteiger partial charge in [-0.25, -0.2) is 0 Å². The molecule has 0 unspecified atom stereocenters. The van der Waals surface area contributed by atoms with Crippen molar-refractivity contribution in [2.24, 2.45) is 0 Å². The second-order valence-corrected chi connectivity index (χ2v) is 5.76. The van der Waals surface area contributed by atoms with E-state index in [9.17, 15) is 4.79 Å². The maximum atomic E-state index is 12.5. The summed E-state index contributed by atoms with van der Waals surface area (Å²) in [6, 6.07) is 10.7. The molecule has 1 aromatic carbocycles. The fourth-order valence-electron chi connectivity index (χ4n) is 3.10. The topological polar surface area (TPSA) is 29.1 Å². The van der Waals surface area contributed by atoms with Gasteiger partial charge in [0.2, 0.25) is 5.91 Å². The monoisotopic (exact) mass is 243 g/mol. The maximum absolute atomic E-state index is 12.5. The van der Waals surface area contributed by atoms with Gasteiger partial charge in [-0.2, -0.15) is 0 Å². The van der Waals surface area contributed by atoms with Crippen molar-refractivity contribution in [2.45, 2.75) is 56.4 Å². The summed E-state index contributed by atoms with van der Waals surface area (Å²) in [5.74, 6) is 0.264. The van der Waals surface area contributed by atoms with Crippen molar-refractivity contribution in [2.75, 3.05) is 0 Å². The Kier molecular flexibility index (Phi) is 3.11. The lowest BCUT2D eigenvalue weighted by Crippen LogP contribution is -2.42. The molecule has 2 aliphatic rings. The van der Waals surface area contributed by atoms with E-state index < -0.39 is 0 Å². The van der Waals surface area contributed by atoms with Crippen molar-refractivity contribution < 1.29 is 4.79 Å². The van der Waals surface area contributed by atoms with E-state index >= 15 is 0 Å². The predicted molar refractivity (Wildman–Crippen MR) is 72.4 cm³/mol. The van der Waals surface area contributed by atoms with Gasteiger partial charge >= 0.3 is 0 Å². The number of benzene rings is 1. The van der Waals surface area contributed by atoms with Gasteiger partial charge in [0, 0.05) is 6.04 Å². The van der Waals surface area contributed by atoms with E-state index in [0.717, 1.165) is 25.7 Å². The zero-order valence-electron chi connectivity index (χ0n) is 10.8. The second-order valence-electron chi connectivity index (χ2n) is 5.76. The molecule has 2 aliphatic carbocycles. The van der Waals surface area contributed by atoms with Gasteiger partial charge in [0.25, 0.3) is 0 Å². The highest BCUT2D eigenvalue weighted by Crippen LogP contribution is 2.48. The van der Waals surface area contributed by atoms with Crippen LogP contribution in [0.25, 0.3) is 0 Å². The van der Waals surface area contributed by atoms with Crippen LogP contribution in [0.15, 0.2) is 30.3 Å². The third-order valence-electron chi connectivity index (χ3n) is 4.45. The Hall–Kier alpha value is -1.31. The molecule has 0 spiro atoms. The van der Waals surface area contributed by atoms with Gasteiger partial charge in [-0.15, -0.1) is 0 Å². The average molecular weight is 243 g/mol. The molecule has 3 rings (SSSR count). The van der Waals surface area contributed by atoms with Gasteiger partial charge < -0.3 is 5.32 Å². The Bertz CT molecular complexity index is 416. The normalized spacial score (nSPS) is 22.4. The van der Waals surface area contributed by atoms with Crippen LogP contribution in [0, 0.1) is 0 Å². The van der Waals surface area contributed by atoms with Crippen molar-refractivity contribution in [3.63, 3.8) is 0 Å². The van der Waals surface area contributed by atoms with Gasteiger partial charge in [-0.05, 0) is 31.2 Å². The molecule has 96 valence electrons. The fraction of sp³-hybridized carbons (Fsp3) is 0.562. The molecule has 0 aromatic heterocycles. The van der Waals surface area contributed by atoms with Crippen LogP contribution in [0.4, 0.5) is 0 Å². The van der Waals surface area contributed by atoms with E-state index in [1.807, 2.05) is 18.2 Å². The molecule has 1 aromatic rings. The van der Waals surface area contributed by atoms with Crippen molar-refractivity contribution in [3.8, 4) is 0 Å². The minimum atomic E-state index is -0.196. The van der Waals surface area contributed by atoms with Gasteiger partial charge in [-0.1, -0.05) is 49.6 Å². The van der Waals surface area contributed by atoms with E-state index in [0.29, 0.717) is 6.04 Å². The van der Waals surface area contributed by atoms with E-state index in [4.69, 9.17) is 0 Å². The molecule has 0 saturated heterocycles. The highest BCUT2D eigenvalue weighted by molar-refractivity contribution is 5.91. The first-order valence-corrected chi connectivity index (χ1v) is 7.18. The lowest BCUT2D eigenvalue weighted by molar-refractivity contribution is -0.124. The molecule has 0 radical (unpaired) electrons. The highest BCUT2D eigenvalue weighted by atomic mass is 16.2.